The van der Waals surface area contributed by atoms with Crippen molar-refractivity contribution in [2.45, 2.75) is 30.8 Å². The maximum atomic E-state index is 12.8. The van der Waals surface area contributed by atoms with Crippen molar-refractivity contribution in [1.29, 1.82) is 0 Å². The summed E-state index contributed by atoms with van der Waals surface area (Å²) in [6.07, 6.45) is 4.59. The zero-order valence-electron chi connectivity index (χ0n) is 14.5. The van der Waals surface area contributed by atoms with E-state index in [2.05, 4.69) is 10.3 Å². The lowest BCUT2D eigenvalue weighted by Crippen LogP contribution is -2.41. The van der Waals surface area contributed by atoms with Crippen molar-refractivity contribution in [3.8, 4) is 5.75 Å². The summed E-state index contributed by atoms with van der Waals surface area (Å²) in [5.41, 5.74) is 0.570. The number of amides is 1. The topological polar surface area (TPSA) is 88.6 Å². The summed E-state index contributed by atoms with van der Waals surface area (Å²) in [6, 6.07) is 9.79. The summed E-state index contributed by atoms with van der Waals surface area (Å²) in [5.74, 6) is 0.548. The van der Waals surface area contributed by atoms with Crippen molar-refractivity contribution in [2.75, 3.05) is 18.4 Å². The Hall–Kier alpha value is -2.45. The lowest BCUT2D eigenvalue weighted by atomic mass is 10.1. The minimum Gasteiger partial charge on any atom is -0.490 e. The fourth-order valence-corrected chi connectivity index (χ4v) is 4.33. The van der Waals surface area contributed by atoms with E-state index in [4.69, 9.17) is 4.74 Å². The quantitative estimate of drug-likeness (QED) is 0.866. The van der Waals surface area contributed by atoms with Gasteiger partial charge in [0.15, 0.2) is 0 Å². The van der Waals surface area contributed by atoms with E-state index in [9.17, 15) is 13.2 Å². The molecule has 26 heavy (non-hydrogen) atoms. The molecule has 8 heteroatoms. The number of carbonyl (C=O) groups excluding carboxylic acids is 1. The number of benzene rings is 1. The molecule has 1 saturated heterocycles. The molecule has 1 aromatic heterocycles. The molecule has 0 atom stereocenters. The van der Waals surface area contributed by atoms with Crippen LogP contribution < -0.4 is 10.1 Å². The van der Waals surface area contributed by atoms with Crippen LogP contribution in [0.4, 0.5) is 5.69 Å². The van der Waals surface area contributed by atoms with Crippen LogP contribution in [0.5, 0.6) is 5.75 Å². The van der Waals surface area contributed by atoms with Gasteiger partial charge < -0.3 is 10.1 Å². The molecule has 0 unspecified atom stereocenters. The zero-order chi connectivity index (χ0) is 18.6. The van der Waals surface area contributed by atoms with Gasteiger partial charge in [-0.25, -0.2) is 8.42 Å². The average Bonchev–Trinajstić information content (AvgIpc) is 2.63. The summed E-state index contributed by atoms with van der Waals surface area (Å²) >= 11 is 0. The van der Waals surface area contributed by atoms with Crippen molar-refractivity contribution in [1.82, 2.24) is 9.29 Å². The van der Waals surface area contributed by atoms with E-state index in [0.717, 1.165) is 5.75 Å². The molecule has 3 rings (SSSR count). The predicted octanol–water partition coefficient (Wildman–Crippen LogP) is 2.27. The summed E-state index contributed by atoms with van der Waals surface area (Å²) < 4.78 is 32.9. The first-order chi connectivity index (χ1) is 12.4. The third-order valence-corrected chi connectivity index (χ3v) is 6.08. The fourth-order valence-electron chi connectivity index (χ4n) is 2.86. The van der Waals surface area contributed by atoms with Gasteiger partial charge in [0.1, 0.15) is 11.9 Å². The van der Waals surface area contributed by atoms with Gasteiger partial charge in [-0.05, 0) is 49.2 Å². The standard InChI is InChI=1S/C18H21N3O4S/c1-14(22)20-15-2-4-18(5-3-15)26(23,24)21-12-8-17(9-13-21)25-16-6-10-19-11-7-16/h2-7,10-11,17H,8-9,12-13H2,1H3,(H,20,22). The second-order valence-corrected chi connectivity index (χ2v) is 8.05. The second kappa shape index (κ2) is 7.84. The fraction of sp³-hybridized carbons (Fsp3) is 0.333. The largest absolute Gasteiger partial charge is 0.490 e. The molecule has 2 aromatic rings. The Morgan fingerprint density at radius 3 is 2.31 bits per heavy atom. The molecular formula is C18H21N3O4S. The van der Waals surface area contributed by atoms with E-state index in [1.54, 1.807) is 36.7 Å². The van der Waals surface area contributed by atoms with Crippen molar-refractivity contribution in [3.05, 3.63) is 48.8 Å². The molecule has 138 valence electrons. The molecule has 0 bridgehead atoms. The first kappa shape index (κ1) is 18.3. The number of nitrogens with one attached hydrogen (secondary N) is 1. The van der Waals surface area contributed by atoms with E-state index < -0.39 is 10.0 Å². The van der Waals surface area contributed by atoms with Crippen molar-refractivity contribution >= 4 is 21.6 Å². The van der Waals surface area contributed by atoms with Crippen LogP contribution >= 0.6 is 0 Å². The van der Waals surface area contributed by atoms with Crippen molar-refractivity contribution in [2.24, 2.45) is 0 Å². The molecule has 1 N–H and O–H groups in total. The Morgan fingerprint density at radius 1 is 1.12 bits per heavy atom. The molecule has 0 aliphatic carbocycles. The first-order valence-corrected chi connectivity index (χ1v) is 9.83. The van der Waals surface area contributed by atoms with Crippen LogP contribution in [0.1, 0.15) is 19.8 Å². The number of anilines is 1. The lowest BCUT2D eigenvalue weighted by molar-refractivity contribution is -0.114. The van der Waals surface area contributed by atoms with Crippen LogP contribution in [0.25, 0.3) is 0 Å². The van der Waals surface area contributed by atoms with Gasteiger partial charge >= 0.3 is 0 Å². The molecule has 0 spiro atoms. The molecule has 1 amide bonds. The molecule has 0 saturated carbocycles. The van der Waals surface area contributed by atoms with Crippen molar-refractivity contribution < 1.29 is 17.9 Å². The van der Waals surface area contributed by atoms with Gasteiger partial charge in [0.25, 0.3) is 0 Å². The van der Waals surface area contributed by atoms with Crippen LogP contribution in [0.3, 0.4) is 0 Å². The van der Waals surface area contributed by atoms with Gasteiger partial charge in [0, 0.05) is 38.1 Å². The normalized spacial score (nSPS) is 16.2. The van der Waals surface area contributed by atoms with E-state index in [-0.39, 0.29) is 16.9 Å². The summed E-state index contributed by atoms with van der Waals surface area (Å²) in [5, 5.41) is 2.62. The maximum absolute atomic E-state index is 12.8. The molecule has 2 heterocycles. The Balaban J connectivity index is 1.61. The Labute approximate surface area is 153 Å². The van der Waals surface area contributed by atoms with Gasteiger partial charge in [-0.1, -0.05) is 0 Å². The number of nitrogens with zero attached hydrogens (tertiary/aromatic N) is 2. The number of pyridine rings is 1. The highest BCUT2D eigenvalue weighted by Gasteiger charge is 2.30. The molecular weight excluding hydrogens is 354 g/mol. The third-order valence-electron chi connectivity index (χ3n) is 4.17. The molecule has 1 aliphatic heterocycles. The number of rotatable bonds is 5. The van der Waals surface area contributed by atoms with Gasteiger partial charge in [-0.3, -0.25) is 9.78 Å². The SMILES string of the molecule is CC(=O)Nc1ccc(S(=O)(=O)N2CCC(Oc3ccncc3)CC2)cc1. The van der Waals surface area contributed by atoms with E-state index >= 15 is 0 Å². The van der Waals surface area contributed by atoms with Crippen LogP contribution in [0.2, 0.25) is 0 Å². The number of hydrogen-bond donors (Lipinski definition) is 1. The first-order valence-electron chi connectivity index (χ1n) is 8.39. The average molecular weight is 375 g/mol. The maximum Gasteiger partial charge on any atom is 0.243 e. The monoisotopic (exact) mass is 375 g/mol. The number of piperidine rings is 1. The summed E-state index contributed by atoms with van der Waals surface area (Å²) in [4.78, 5) is 15.2. The molecule has 7 nitrogen and oxygen atoms in total. The van der Waals surface area contributed by atoms with E-state index in [0.29, 0.717) is 31.6 Å². The minimum absolute atomic E-state index is 0.00834. The molecule has 1 aliphatic rings. The van der Waals surface area contributed by atoms with Gasteiger partial charge in [-0.15, -0.1) is 0 Å². The van der Waals surface area contributed by atoms with Gasteiger partial charge in [-0.2, -0.15) is 4.31 Å². The summed E-state index contributed by atoms with van der Waals surface area (Å²) in [7, 11) is -3.55. The smallest absolute Gasteiger partial charge is 0.243 e. The van der Waals surface area contributed by atoms with Crippen LogP contribution in [-0.2, 0) is 14.8 Å². The van der Waals surface area contributed by atoms with E-state index in [1.165, 1.54) is 23.4 Å². The highest BCUT2D eigenvalue weighted by molar-refractivity contribution is 7.89. The Bertz CT molecular complexity index is 846. The minimum atomic E-state index is -3.55. The number of hydrogen-bond acceptors (Lipinski definition) is 5. The summed E-state index contributed by atoms with van der Waals surface area (Å²) in [6.45, 7) is 2.22. The van der Waals surface area contributed by atoms with Gasteiger partial charge in [0.2, 0.25) is 15.9 Å². The van der Waals surface area contributed by atoms with Gasteiger partial charge in [0.05, 0.1) is 4.90 Å². The van der Waals surface area contributed by atoms with Crippen LogP contribution in [0.15, 0.2) is 53.7 Å². The zero-order valence-corrected chi connectivity index (χ0v) is 15.3. The third kappa shape index (κ3) is 4.39. The highest BCUT2D eigenvalue weighted by Crippen LogP contribution is 2.24. The Morgan fingerprint density at radius 2 is 1.73 bits per heavy atom. The van der Waals surface area contributed by atoms with Crippen LogP contribution in [-0.4, -0.2) is 42.8 Å². The van der Waals surface area contributed by atoms with E-state index in [1.807, 2.05) is 0 Å². The lowest BCUT2D eigenvalue weighted by Gasteiger charge is -2.31. The number of ether oxygens (including phenoxy) is 1. The van der Waals surface area contributed by atoms with Crippen molar-refractivity contribution in [3.63, 3.8) is 0 Å². The number of carbonyl (C=O) groups is 1. The molecule has 0 radical (unpaired) electrons. The highest BCUT2D eigenvalue weighted by atomic mass is 32.2. The predicted molar refractivity (Wildman–Crippen MR) is 97.4 cm³/mol. The Kier molecular flexibility index (Phi) is 5.53. The molecule has 1 fully saturated rings. The second-order valence-electron chi connectivity index (χ2n) is 6.11. The number of sulfonamides is 1. The van der Waals surface area contributed by atoms with Crippen LogP contribution in [0, 0.1) is 0 Å². The number of aromatic nitrogens is 1. The molecule has 1 aromatic carbocycles.